The second-order valence-corrected chi connectivity index (χ2v) is 6.99. The maximum Gasteiger partial charge on any atom is 0.328 e. The smallest absolute Gasteiger partial charge is 0.328 e. The summed E-state index contributed by atoms with van der Waals surface area (Å²) in [5, 5.41) is 10.6. The average molecular weight is 463 g/mol. The molecule has 172 valence electrons. The zero-order chi connectivity index (χ0) is 23.6. The zero-order valence-electron chi connectivity index (χ0n) is 18.3. The summed E-state index contributed by atoms with van der Waals surface area (Å²) in [6.07, 6.45) is 1.55. The number of nitrogens with one attached hydrogen (secondary N) is 2. The molecule has 0 aliphatic carbocycles. The normalized spacial score (nSPS) is 10.9. The minimum Gasteiger partial charge on any atom is -0.479 e. The number of methoxy groups -OCH3 is 1. The van der Waals surface area contributed by atoms with Crippen LogP contribution in [0.1, 0.15) is 37.9 Å². The second-order valence-electron chi connectivity index (χ2n) is 6.65. The van der Waals surface area contributed by atoms with Gasteiger partial charge in [-0.2, -0.15) is 4.98 Å². The number of hydrogen-bond acceptors (Lipinski definition) is 9. The Bertz CT molecular complexity index is 921. The molecule has 2 rings (SSSR count). The van der Waals surface area contributed by atoms with Gasteiger partial charge in [-0.05, 0) is 43.9 Å². The third-order valence-electron chi connectivity index (χ3n) is 4.75. The van der Waals surface area contributed by atoms with Crippen molar-refractivity contribution in [3.8, 4) is 5.88 Å². The van der Waals surface area contributed by atoms with Crippen molar-refractivity contribution in [1.82, 2.24) is 9.97 Å². The molecule has 32 heavy (non-hydrogen) atoms. The van der Waals surface area contributed by atoms with Gasteiger partial charge in [0, 0.05) is 12.8 Å². The van der Waals surface area contributed by atoms with Crippen molar-refractivity contribution >= 4 is 35.4 Å². The number of carbonyl (C=O) groups excluding carboxylic acids is 2. The van der Waals surface area contributed by atoms with Crippen LogP contribution >= 0.6 is 11.6 Å². The predicted octanol–water partition coefficient (Wildman–Crippen LogP) is 3.39. The van der Waals surface area contributed by atoms with Crippen LogP contribution in [0.3, 0.4) is 0 Å². The van der Waals surface area contributed by atoms with E-state index in [2.05, 4.69) is 15.3 Å². The van der Waals surface area contributed by atoms with E-state index in [-0.39, 0.29) is 36.5 Å². The highest BCUT2D eigenvalue weighted by Crippen LogP contribution is 2.34. The first-order valence-electron chi connectivity index (χ1n) is 10.2. The molecule has 0 radical (unpaired) electrons. The molecule has 0 amide bonds. The molecule has 2 N–H and O–H groups in total. The molecule has 2 aromatic rings. The summed E-state index contributed by atoms with van der Waals surface area (Å²) >= 11 is 5.86. The number of esters is 2. The lowest BCUT2D eigenvalue weighted by Crippen LogP contribution is -2.46. The van der Waals surface area contributed by atoms with Crippen LogP contribution in [0.15, 0.2) is 30.3 Å². The fourth-order valence-electron chi connectivity index (χ4n) is 3.31. The molecule has 0 saturated carbocycles. The minimum absolute atomic E-state index is 0.0429. The number of anilines is 1. The Morgan fingerprint density at radius 3 is 2.28 bits per heavy atom. The Hall–Kier alpha value is -3.20. The number of nitrogens with zero attached hydrogens (tertiary/aromatic N) is 2. The van der Waals surface area contributed by atoms with Gasteiger partial charge in [-0.25, -0.2) is 4.98 Å². The molecule has 0 saturated heterocycles. The summed E-state index contributed by atoms with van der Waals surface area (Å²) in [6.45, 7) is 3.97. The summed E-state index contributed by atoms with van der Waals surface area (Å²) < 4.78 is 15.8. The van der Waals surface area contributed by atoms with Crippen molar-refractivity contribution in [2.24, 2.45) is 0 Å². The van der Waals surface area contributed by atoms with E-state index in [0.29, 0.717) is 24.2 Å². The van der Waals surface area contributed by atoms with Crippen LogP contribution in [0.4, 0.5) is 5.69 Å². The number of benzene rings is 1. The van der Waals surface area contributed by atoms with Gasteiger partial charge in [-0.3, -0.25) is 9.59 Å². The first-order chi connectivity index (χ1) is 15.4. The molecule has 1 aromatic carbocycles. The van der Waals surface area contributed by atoms with Crippen LogP contribution < -0.4 is 10.1 Å². The Kier molecular flexibility index (Phi) is 9.39. The van der Waals surface area contributed by atoms with Gasteiger partial charge in [-0.1, -0.05) is 30.3 Å². The largest absolute Gasteiger partial charge is 0.479 e. The van der Waals surface area contributed by atoms with Gasteiger partial charge < -0.3 is 24.9 Å². The van der Waals surface area contributed by atoms with E-state index in [1.54, 1.807) is 44.2 Å². The molecular formula is C22H27ClN4O5. The van der Waals surface area contributed by atoms with Crippen molar-refractivity contribution in [2.45, 2.75) is 32.1 Å². The molecule has 1 heterocycles. The van der Waals surface area contributed by atoms with Crippen molar-refractivity contribution in [3.05, 3.63) is 46.9 Å². The van der Waals surface area contributed by atoms with Crippen LogP contribution in [0.25, 0.3) is 0 Å². The summed E-state index contributed by atoms with van der Waals surface area (Å²) in [5.74, 6) is -1.12. The number of aromatic nitrogens is 2. The molecule has 0 spiro atoms. The molecule has 0 aliphatic rings. The monoisotopic (exact) mass is 462 g/mol. The standard InChI is InChI=1S/C22H27ClN4O5/c1-4-31-19(28)22(20(29)32-5-2,15-10-7-6-8-11-15)12-9-13-25-17-16(14-24)26-21(23)27-18(17)30-3/h6-8,10-11,14,24-25H,4-5,9,12-13H2,1-3H3. The number of hydrogen-bond donors (Lipinski definition) is 2. The minimum atomic E-state index is -1.60. The van der Waals surface area contributed by atoms with Gasteiger partial charge in [0.2, 0.25) is 11.2 Å². The molecular weight excluding hydrogens is 436 g/mol. The number of halogens is 1. The maximum absolute atomic E-state index is 13.1. The predicted molar refractivity (Wildman–Crippen MR) is 121 cm³/mol. The van der Waals surface area contributed by atoms with Gasteiger partial charge in [0.1, 0.15) is 11.4 Å². The molecule has 10 heteroatoms. The van der Waals surface area contributed by atoms with E-state index in [1.165, 1.54) is 7.11 Å². The van der Waals surface area contributed by atoms with Gasteiger partial charge in [-0.15, -0.1) is 0 Å². The van der Waals surface area contributed by atoms with Crippen molar-refractivity contribution in [3.63, 3.8) is 0 Å². The first-order valence-corrected chi connectivity index (χ1v) is 10.6. The average Bonchev–Trinajstić information content (AvgIpc) is 2.80. The molecule has 0 atom stereocenters. The van der Waals surface area contributed by atoms with E-state index < -0.39 is 17.4 Å². The Labute approximate surface area is 192 Å². The molecule has 0 bridgehead atoms. The molecule has 9 nitrogen and oxygen atoms in total. The lowest BCUT2D eigenvalue weighted by Gasteiger charge is -2.29. The SMILES string of the molecule is CCOC(=O)C(CCCNc1c(C=N)nc(Cl)nc1OC)(C(=O)OCC)c1ccccc1. The van der Waals surface area contributed by atoms with Gasteiger partial charge in [0.25, 0.3) is 0 Å². The third kappa shape index (κ3) is 5.53. The van der Waals surface area contributed by atoms with Crippen LogP contribution in [-0.2, 0) is 24.5 Å². The van der Waals surface area contributed by atoms with Gasteiger partial charge >= 0.3 is 11.9 Å². The van der Waals surface area contributed by atoms with E-state index in [4.69, 9.17) is 31.2 Å². The summed E-state index contributed by atoms with van der Waals surface area (Å²) in [4.78, 5) is 34.1. The van der Waals surface area contributed by atoms with E-state index in [0.717, 1.165) is 6.21 Å². The zero-order valence-corrected chi connectivity index (χ0v) is 19.1. The van der Waals surface area contributed by atoms with Crippen molar-refractivity contribution < 1.29 is 23.8 Å². The summed E-state index contributed by atoms with van der Waals surface area (Å²) in [6, 6.07) is 8.74. The van der Waals surface area contributed by atoms with Crippen LogP contribution in [-0.4, -0.2) is 55.0 Å². The highest BCUT2D eigenvalue weighted by atomic mass is 35.5. The molecule has 0 unspecified atom stereocenters. The van der Waals surface area contributed by atoms with Gasteiger partial charge in [0.15, 0.2) is 5.41 Å². The highest BCUT2D eigenvalue weighted by molar-refractivity contribution is 6.28. The molecule has 0 fully saturated rings. The number of ether oxygens (including phenoxy) is 3. The van der Waals surface area contributed by atoms with Crippen molar-refractivity contribution in [1.29, 1.82) is 5.41 Å². The fraction of sp³-hybridized carbons (Fsp3) is 0.409. The first kappa shape index (κ1) is 25.1. The fourth-order valence-corrected chi connectivity index (χ4v) is 3.48. The van der Waals surface area contributed by atoms with E-state index in [1.807, 2.05) is 0 Å². The Balaban J connectivity index is 2.31. The maximum atomic E-state index is 13.1. The highest BCUT2D eigenvalue weighted by Gasteiger charge is 2.50. The van der Waals surface area contributed by atoms with Crippen LogP contribution in [0, 0.1) is 5.41 Å². The Morgan fingerprint density at radius 1 is 1.12 bits per heavy atom. The topological polar surface area (TPSA) is 123 Å². The van der Waals surface area contributed by atoms with Crippen LogP contribution in [0.5, 0.6) is 5.88 Å². The second kappa shape index (κ2) is 12.0. The van der Waals surface area contributed by atoms with E-state index >= 15 is 0 Å². The molecule has 0 aliphatic heterocycles. The summed E-state index contributed by atoms with van der Waals surface area (Å²) in [5.41, 5.74) is -0.444. The third-order valence-corrected chi connectivity index (χ3v) is 4.92. The number of carbonyl (C=O) groups is 2. The van der Waals surface area contributed by atoms with E-state index in [9.17, 15) is 9.59 Å². The summed E-state index contributed by atoms with van der Waals surface area (Å²) in [7, 11) is 1.43. The van der Waals surface area contributed by atoms with Gasteiger partial charge in [0.05, 0.1) is 20.3 Å². The van der Waals surface area contributed by atoms with Crippen molar-refractivity contribution in [2.75, 3.05) is 32.2 Å². The quantitative estimate of drug-likeness (QED) is 0.162. The lowest BCUT2D eigenvalue weighted by atomic mass is 9.76. The Morgan fingerprint density at radius 2 is 1.75 bits per heavy atom. The van der Waals surface area contributed by atoms with Crippen LogP contribution in [0.2, 0.25) is 5.28 Å². The lowest BCUT2D eigenvalue weighted by molar-refractivity contribution is -0.165. The number of rotatable bonds is 12. The molecule has 1 aromatic heterocycles.